The second kappa shape index (κ2) is 5.83. The molecule has 0 saturated carbocycles. The predicted molar refractivity (Wildman–Crippen MR) is 75.3 cm³/mol. The summed E-state index contributed by atoms with van der Waals surface area (Å²) in [6, 6.07) is 3.78. The summed E-state index contributed by atoms with van der Waals surface area (Å²) in [4.78, 5) is 1.72. The number of nitrogens with zero attached hydrogens (tertiary/aromatic N) is 1. The van der Waals surface area contributed by atoms with Crippen molar-refractivity contribution in [3.63, 3.8) is 0 Å². The van der Waals surface area contributed by atoms with Crippen LogP contribution in [0.4, 0.5) is 23.2 Å². The monoisotopic (exact) mass is 304 g/mol. The Labute approximate surface area is 122 Å². The average molecular weight is 304 g/mol. The Morgan fingerprint density at radius 3 is 2.38 bits per heavy atom. The van der Waals surface area contributed by atoms with E-state index in [0.717, 1.165) is 19.0 Å². The van der Waals surface area contributed by atoms with E-state index in [1.165, 1.54) is 26.0 Å². The summed E-state index contributed by atoms with van der Waals surface area (Å²) in [6.45, 7) is 5.05. The molecule has 1 aromatic carbocycles. The Balaban J connectivity index is 2.44. The van der Waals surface area contributed by atoms with Gasteiger partial charge < -0.3 is 10.2 Å². The van der Waals surface area contributed by atoms with Crippen molar-refractivity contribution in [2.45, 2.75) is 32.1 Å². The Morgan fingerprint density at radius 1 is 1.05 bits per heavy atom. The highest BCUT2D eigenvalue weighted by molar-refractivity contribution is 5.57. The topological polar surface area (TPSA) is 15.3 Å². The molecule has 118 valence electrons. The molecule has 0 amide bonds. The van der Waals surface area contributed by atoms with Crippen molar-refractivity contribution < 1.29 is 17.6 Å². The largest absolute Gasteiger partial charge is 0.418 e. The van der Waals surface area contributed by atoms with Gasteiger partial charge in [0.05, 0.1) is 5.56 Å². The van der Waals surface area contributed by atoms with Crippen molar-refractivity contribution in [3.8, 4) is 0 Å². The van der Waals surface area contributed by atoms with E-state index in [1.54, 1.807) is 4.90 Å². The lowest BCUT2D eigenvalue weighted by atomic mass is 9.96. The molecule has 6 heteroatoms. The Bertz CT molecular complexity index is 483. The van der Waals surface area contributed by atoms with Crippen LogP contribution in [-0.4, -0.2) is 26.2 Å². The molecular formula is C15H20F4N2. The van der Waals surface area contributed by atoms with Crippen LogP contribution in [0.15, 0.2) is 18.2 Å². The zero-order valence-corrected chi connectivity index (χ0v) is 12.2. The summed E-state index contributed by atoms with van der Waals surface area (Å²) in [5.74, 6) is 0. The van der Waals surface area contributed by atoms with Gasteiger partial charge in [0.25, 0.3) is 0 Å². The van der Waals surface area contributed by atoms with Crippen molar-refractivity contribution in [1.29, 1.82) is 0 Å². The van der Waals surface area contributed by atoms with Crippen molar-refractivity contribution in [2.75, 3.05) is 31.1 Å². The first kappa shape index (κ1) is 16.1. The number of anilines is 1. The summed E-state index contributed by atoms with van der Waals surface area (Å²) < 4.78 is 53.9. The van der Waals surface area contributed by atoms with Gasteiger partial charge in [-0.05, 0) is 44.5 Å². The molecule has 0 spiro atoms. The summed E-state index contributed by atoms with van der Waals surface area (Å²) >= 11 is 0. The molecule has 0 aliphatic carbocycles. The van der Waals surface area contributed by atoms with E-state index >= 15 is 0 Å². The fourth-order valence-corrected chi connectivity index (χ4v) is 2.50. The molecule has 0 unspecified atom stereocenters. The number of halogens is 4. The molecule has 2 nitrogen and oxygen atoms in total. The lowest BCUT2D eigenvalue weighted by Gasteiger charge is -2.27. The molecule has 1 aliphatic heterocycles. The maximum absolute atomic E-state index is 13.9. The van der Waals surface area contributed by atoms with E-state index in [0.29, 0.717) is 19.6 Å². The zero-order valence-electron chi connectivity index (χ0n) is 12.2. The quantitative estimate of drug-likeness (QED) is 0.838. The van der Waals surface area contributed by atoms with Crippen molar-refractivity contribution in [3.05, 3.63) is 29.3 Å². The third-order valence-corrected chi connectivity index (χ3v) is 3.67. The van der Waals surface area contributed by atoms with Gasteiger partial charge in [-0.25, -0.2) is 4.39 Å². The molecule has 1 fully saturated rings. The molecule has 1 aliphatic rings. The van der Waals surface area contributed by atoms with Crippen LogP contribution >= 0.6 is 0 Å². The molecule has 1 heterocycles. The van der Waals surface area contributed by atoms with Crippen molar-refractivity contribution in [2.24, 2.45) is 0 Å². The highest BCUT2D eigenvalue weighted by Crippen LogP contribution is 2.39. The fraction of sp³-hybridized carbons (Fsp3) is 0.600. The van der Waals surface area contributed by atoms with Crippen LogP contribution in [0.3, 0.4) is 0 Å². The second-order valence-corrected chi connectivity index (χ2v) is 5.79. The Hall–Kier alpha value is -1.30. The maximum Gasteiger partial charge on any atom is 0.418 e. The van der Waals surface area contributed by atoms with Gasteiger partial charge in [-0.15, -0.1) is 0 Å². The number of alkyl halides is 4. The molecule has 1 saturated heterocycles. The molecular weight excluding hydrogens is 284 g/mol. The SMILES string of the molecule is CC(C)(F)c1ccc(N2CCCNCC2)c(C(F)(F)F)c1. The minimum atomic E-state index is -4.49. The minimum absolute atomic E-state index is 0.0477. The van der Waals surface area contributed by atoms with Gasteiger partial charge in [0.1, 0.15) is 5.67 Å². The van der Waals surface area contributed by atoms with Gasteiger partial charge in [-0.2, -0.15) is 13.2 Å². The van der Waals surface area contributed by atoms with Crippen molar-refractivity contribution >= 4 is 5.69 Å². The molecule has 0 aromatic heterocycles. The third kappa shape index (κ3) is 3.87. The van der Waals surface area contributed by atoms with E-state index < -0.39 is 17.4 Å². The second-order valence-electron chi connectivity index (χ2n) is 5.79. The van der Waals surface area contributed by atoms with Gasteiger partial charge in [-0.3, -0.25) is 0 Å². The van der Waals surface area contributed by atoms with Gasteiger partial charge in [0.15, 0.2) is 0 Å². The lowest BCUT2D eigenvalue weighted by molar-refractivity contribution is -0.137. The van der Waals surface area contributed by atoms with Crippen LogP contribution in [0.5, 0.6) is 0 Å². The van der Waals surface area contributed by atoms with Crippen LogP contribution in [0.25, 0.3) is 0 Å². The normalized spacial score (nSPS) is 17.7. The van der Waals surface area contributed by atoms with Gasteiger partial charge in [-0.1, -0.05) is 6.07 Å². The van der Waals surface area contributed by atoms with Gasteiger partial charge in [0, 0.05) is 25.3 Å². The predicted octanol–water partition coefficient (Wildman–Crippen LogP) is 3.71. The average Bonchev–Trinajstić information content (AvgIpc) is 2.64. The summed E-state index contributed by atoms with van der Waals surface area (Å²) in [7, 11) is 0. The number of benzene rings is 1. The number of hydrogen-bond donors (Lipinski definition) is 1. The highest BCUT2D eigenvalue weighted by Gasteiger charge is 2.36. The molecule has 0 atom stereocenters. The molecule has 1 aromatic rings. The van der Waals surface area contributed by atoms with E-state index in [2.05, 4.69) is 5.32 Å². The molecule has 0 radical (unpaired) electrons. The summed E-state index contributed by atoms with van der Waals surface area (Å²) in [5.41, 5.74) is -2.36. The fourth-order valence-electron chi connectivity index (χ4n) is 2.50. The van der Waals surface area contributed by atoms with Gasteiger partial charge >= 0.3 is 6.18 Å². The van der Waals surface area contributed by atoms with Crippen LogP contribution < -0.4 is 10.2 Å². The first-order chi connectivity index (χ1) is 9.69. The molecule has 0 bridgehead atoms. The maximum atomic E-state index is 13.9. The highest BCUT2D eigenvalue weighted by atomic mass is 19.4. The van der Waals surface area contributed by atoms with Crippen LogP contribution in [0.1, 0.15) is 31.4 Å². The smallest absolute Gasteiger partial charge is 0.370 e. The Kier molecular flexibility index (Phi) is 4.46. The Morgan fingerprint density at radius 2 is 1.76 bits per heavy atom. The number of rotatable bonds is 2. The van der Waals surface area contributed by atoms with Crippen molar-refractivity contribution in [1.82, 2.24) is 5.32 Å². The zero-order chi connectivity index (χ0) is 15.7. The number of nitrogens with one attached hydrogen (secondary N) is 1. The molecule has 21 heavy (non-hydrogen) atoms. The summed E-state index contributed by atoms with van der Waals surface area (Å²) in [6.07, 6.45) is -3.70. The lowest BCUT2D eigenvalue weighted by Crippen LogP contribution is -2.30. The first-order valence-corrected chi connectivity index (χ1v) is 7.06. The van der Waals surface area contributed by atoms with E-state index in [4.69, 9.17) is 0 Å². The molecule has 2 rings (SSSR count). The van der Waals surface area contributed by atoms with Gasteiger partial charge in [0.2, 0.25) is 0 Å². The number of hydrogen-bond acceptors (Lipinski definition) is 2. The summed E-state index contributed by atoms with van der Waals surface area (Å²) in [5, 5.41) is 3.16. The third-order valence-electron chi connectivity index (χ3n) is 3.67. The van der Waals surface area contributed by atoms with E-state index in [1.807, 2.05) is 0 Å². The van der Waals surface area contributed by atoms with E-state index in [-0.39, 0.29) is 11.3 Å². The van der Waals surface area contributed by atoms with Crippen LogP contribution in [-0.2, 0) is 11.8 Å². The van der Waals surface area contributed by atoms with E-state index in [9.17, 15) is 17.6 Å². The standard InChI is InChI=1S/C15H20F4N2/c1-14(2,16)11-4-5-13(12(10-11)15(17,18)19)21-8-3-6-20-7-9-21/h4-5,10,20H,3,6-9H2,1-2H3. The first-order valence-electron chi connectivity index (χ1n) is 7.06. The molecule has 1 N–H and O–H groups in total. The minimum Gasteiger partial charge on any atom is -0.370 e. The van der Waals surface area contributed by atoms with Crippen LogP contribution in [0.2, 0.25) is 0 Å². The van der Waals surface area contributed by atoms with Crippen LogP contribution in [0, 0.1) is 0 Å².